The summed E-state index contributed by atoms with van der Waals surface area (Å²) in [5, 5.41) is 8.21. The Bertz CT molecular complexity index is 785. The van der Waals surface area contributed by atoms with E-state index in [4.69, 9.17) is 20.9 Å². The molecule has 0 amide bonds. The van der Waals surface area contributed by atoms with Crippen molar-refractivity contribution < 1.29 is 9.26 Å². The van der Waals surface area contributed by atoms with Crippen molar-refractivity contribution in [1.29, 1.82) is 0 Å². The summed E-state index contributed by atoms with van der Waals surface area (Å²) in [6.07, 6.45) is 0.877. The Morgan fingerprint density at radius 1 is 1.20 bits per heavy atom. The van der Waals surface area contributed by atoms with Crippen molar-refractivity contribution in [3.05, 3.63) is 46.3 Å². The van der Waals surface area contributed by atoms with E-state index in [9.17, 15) is 0 Å². The fraction of sp³-hybridized carbons (Fsp3) is 0.524. The van der Waals surface area contributed by atoms with Crippen LogP contribution in [0.25, 0.3) is 0 Å². The van der Waals surface area contributed by atoms with E-state index in [-0.39, 0.29) is 24.0 Å². The van der Waals surface area contributed by atoms with E-state index in [0.29, 0.717) is 6.61 Å². The van der Waals surface area contributed by atoms with E-state index in [0.717, 1.165) is 73.9 Å². The number of nitrogens with one attached hydrogen (secondary N) is 1. The number of hydrogen-bond donors (Lipinski definition) is 1. The minimum Gasteiger partial charge on any atom is -0.492 e. The Labute approximate surface area is 200 Å². The van der Waals surface area contributed by atoms with Crippen molar-refractivity contribution in [1.82, 2.24) is 20.3 Å². The van der Waals surface area contributed by atoms with Crippen LogP contribution >= 0.6 is 35.6 Å². The van der Waals surface area contributed by atoms with Gasteiger partial charge in [0.1, 0.15) is 18.1 Å². The van der Waals surface area contributed by atoms with Gasteiger partial charge in [-0.25, -0.2) is 0 Å². The molecule has 0 aliphatic carbocycles. The molecule has 166 valence electrons. The molecule has 0 spiro atoms. The standard InChI is InChI=1S/C21H30ClN5O2.HI/c1-16-20(17(2)29-25-16)8-9-24-21(23-3)27-12-10-26(11-13-27)14-15-28-19-6-4-18(22)5-7-19;/h4-7H,8-15H2,1-3H3,(H,23,24);1H. The van der Waals surface area contributed by atoms with Crippen LogP contribution in [-0.4, -0.2) is 73.8 Å². The van der Waals surface area contributed by atoms with Gasteiger partial charge in [-0.1, -0.05) is 16.8 Å². The number of guanidine groups is 1. The molecule has 30 heavy (non-hydrogen) atoms. The van der Waals surface area contributed by atoms with E-state index in [1.54, 1.807) is 0 Å². The number of rotatable bonds is 7. The number of ether oxygens (including phenoxy) is 1. The van der Waals surface area contributed by atoms with Gasteiger partial charge in [0.25, 0.3) is 0 Å². The largest absolute Gasteiger partial charge is 0.492 e. The van der Waals surface area contributed by atoms with Crippen LogP contribution in [0.4, 0.5) is 0 Å². The lowest BCUT2D eigenvalue weighted by molar-refractivity contribution is 0.152. The molecule has 1 N–H and O–H groups in total. The van der Waals surface area contributed by atoms with Crippen LogP contribution in [0.1, 0.15) is 17.0 Å². The molecule has 0 bridgehead atoms. The fourth-order valence-electron chi connectivity index (χ4n) is 3.50. The maximum atomic E-state index is 5.90. The Kier molecular flexibility index (Phi) is 10.2. The number of halogens is 2. The Balaban J connectivity index is 0.00000320. The summed E-state index contributed by atoms with van der Waals surface area (Å²) < 4.78 is 11.0. The number of hydrogen-bond acceptors (Lipinski definition) is 5. The zero-order valence-electron chi connectivity index (χ0n) is 17.9. The molecule has 0 saturated carbocycles. The van der Waals surface area contributed by atoms with Gasteiger partial charge in [0.15, 0.2) is 5.96 Å². The summed E-state index contributed by atoms with van der Waals surface area (Å²) in [4.78, 5) is 9.18. The van der Waals surface area contributed by atoms with Gasteiger partial charge < -0.3 is 19.5 Å². The predicted octanol–water partition coefficient (Wildman–Crippen LogP) is 3.38. The zero-order chi connectivity index (χ0) is 20.6. The molecule has 1 fully saturated rings. The van der Waals surface area contributed by atoms with Gasteiger partial charge in [-0.05, 0) is 44.5 Å². The third kappa shape index (κ3) is 7.02. The van der Waals surface area contributed by atoms with Crippen molar-refractivity contribution in [2.24, 2.45) is 4.99 Å². The SMILES string of the molecule is CN=C(NCCc1c(C)noc1C)N1CCN(CCOc2ccc(Cl)cc2)CC1.I. The number of piperazine rings is 1. The molecule has 3 rings (SSSR count). The van der Waals surface area contributed by atoms with Crippen LogP contribution in [0.15, 0.2) is 33.8 Å². The van der Waals surface area contributed by atoms with Gasteiger partial charge in [0, 0.05) is 56.9 Å². The first kappa shape index (κ1) is 24.7. The predicted molar refractivity (Wildman–Crippen MR) is 131 cm³/mol. The molecule has 1 saturated heterocycles. The first-order chi connectivity index (χ1) is 14.1. The van der Waals surface area contributed by atoms with Gasteiger partial charge in [-0.2, -0.15) is 0 Å². The second kappa shape index (κ2) is 12.4. The highest BCUT2D eigenvalue weighted by molar-refractivity contribution is 14.0. The van der Waals surface area contributed by atoms with Gasteiger partial charge in [-0.3, -0.25) is 9.89 Å². The first-order valence-electron chi connectivity index (χ1n) is 10.0. The summed E-state index contributed by atoms with van der Waals surface area (Å²) in [5.74, 6) is 2.71. The van der Waals surface area contributed by atoms with E-state index in [2.05, 4.69) is 25.3 Å². The van der Waals surface area contributed by atoms with E-state index >= 15 is 0 Å². The lowest BCUT2D eigenvalue weighted by Crippen LogP contribution is -2.53. The van der Waals surface area contributed by atoms with Crippen molar-refractivity contribution in [2.45, 2.75) is 20.3 Å². The maximum Gasteiger partial charge on any atom is 0.193 e. The summed E-state index contributed by atoms with van der Waals surface area (Å²) in [6, 6.07) is 7.50. The fourth-order valence-corrected chi connectivity index (χ4v) is 3.62. The average molecular weight is 548 g/mol. The van der Waals surface area contributed by atoms with Gasteiger partial charge in [0.2, 0.25) is 0 Å². The van der Waals surface area contributed by atoms with Crippen LogP contribution in [-0.2, 0) is 6.42 Å². The second-order valence-electron chi connectivity index (χ2n) is 7.16. The summed E-state index contributed by atoms with van der Waals surface area (Å²) in [7, 11) is 1.84. The zero-order valence-corrected chi connectivity index (χ0v) is 20.9. The molecular formula is C21H31ClIN5O2. The van der Waals surface area contributed by atoms with E-state index in [1.165, 1.54) is 5.56 Å². The Hall–Kier alpha value is -1.52. The van der Waals surface area contributed by atoms with Crippen molar-refractivity contribution in [2.75, 3.05) is 52.9 Å². The van der Waals surface area contributed by atoms with Crippen molar-refractivity contribution in [3.63, 3.8) is 0 Å². The van der Waals surface area contributed by atoms with Crippen molar-refractivity contribution >= 4 is 41.5 Å². The third-order valence-corrected chi connectivity index (χ3v) is 5.46. The van der Waals surface area contributed by atoms with E-state index < -0.39 is 0 Å². The van der Waals surface area contributed by atoms with Gasteiger partial charge in [-0.15, -0.1) is 24.0 Å². The average Bonchev–Trinajstić information content (AvgIpc) is 3.05. The molecule has 2 heterocycles. The number of aliphatic imine (C=N–C) groups is 1. The van der Waals surface area contributed by atoms with Gasteiger partial charge >= 0.3 is 0 Å². The minimum atomic E-state index is 0. The Morgan fingerprint density at radius 2 is 1.90 bits per heavy atom. The van der Waals surface area contributed by atoms with Gasteiger partial charge in [0.05, 0.1) is 5.69 Å². The van der Waals surface area contributed by atoms with Crippen LogP contribution in [0.5, 0.6) is 5.75 Å². The highest BCUT2D eigenvalue weighted by Gasteiger charge is 2.19. The highest BCUT2D eigenvalue weighted by Crippen LogP contribution is 2.15. The third-order valence-electron chi connectivity index (χ3n) is 5.21. The molecular weight excluding hydrogens is 517 g/mol. The quantitative estimate of drug-likeness (QED) is 0.326. The summed E-state index contributed by atoms with van der Waals surface area (Å²) >= 11 is 5.90. The monoisotopic (exact) mass is 547 g/mol. The van der Waals surface area contributed by atoms with Crippen LogP contribution in [0.2, 0.25) is 5.02 Å². The Morgan fingerprint density at radius 3 is 2.50 bits per heavy atom. The second-order valence-corrected chi connectivity index (χ2v) is 7.59. The minimum absolute atomic E-state index is 0. The molecule has 0 radical (unpaired) electrons. The van der Waals surface area contributed by atoms with Crippen LogP contribution < -0.4 is 10.1 Å². The number of benzene rings is 1. The molecule has 1 aromatic carbocycles. The highest BCUT2D eigenvalue weighted by atomic mass is 127. The molecule has 7 nitrogen and oxygen atoms in total. The number of aryl methyl sites for hydroxylation is 2. The molecule has 2 aromatic rings. The molecule has 1 aliphatic rings. The smallest absolute Gasteiger partial charge is 0.193 e. The first-order valence-corrected chi connectivity index (χ1v) is 10.4. The number of nitrogens with zero attached hydrogens (tertiary/aromatic N) is 4. The molecule has 0 atom stereocenters. The molecule has 9 heteroatoms. The number of aromatic nitrogens is 1. The maximum absolute atomic E-state index is 5.90. The summed E-state index contributed by atoms with van der Waals surface area (Å²) in [5.41, 5.74) is 2.15. The summed E-state index contributed by atoms with van der Waals surface area (Å²) in [6.45, 7) is 10.2. The molecule has 1 aliphatic heterocycles. The lowest BCUT2D eigenvalue weighted by atomic mass is 10.1. The van der Waals surface area contributed by atoms with Crippen LogP contribution in [0, 0.1) is 13.8 Å². The molecule has 0 unspecified atom stereocenters. The van der Waals surface area contributed by atoms with E-state index in [1.807, 2.05) is 45.2 Å². The normalized spacial score (nSPS) is 15.1. The van der Waals surface area contributed by atoms with Crippen molar-refractivity contribution in [3.8, 4) is 5.75 Å². The lowest BCUT2D eigenvalue weighted by Gasteiger charge is -2.36. The topological polar surface area (TPSA) is 66.1 Å². The molecule has 1 aromatic heterocycles. The van der Waals surface area contributed by atoms with Crippen LogP contribution in [0.3, 0.4) is 0 Å².